The highest BCUT2D eigenvalue weighted by atomic mass is 79.9. The Morgan fingerprint density at radius 3 is 2.95 bits per heavy atom. The van der Waals surface area contributed by atoms with E-state index in [4.69, 9.17) is 15.3 Å². The summed E-state index contributed by atoms with van der Waals surface area (Å²) in [5.74, 6) is 0.897. The van der Waals surface area contributed by atoms with Crippen molar-refractivity contribution in [1.29, 1.82) is 0 Å². The van der Waals surface area contributed by atoms with Gasteiger partial charge in [-0.25, -0.2) is 4.98 Å². The Bertz CT molecular complexity index is 605. The molecular weight excluding hydrogens is 324 g/mol. The lowest BCUT2D eigenvalue weighted by Gasteiger charge is -2.08. The van der Waals surface area contributed by atoms with Crippen molar-refractivity contribution in [2.75, 3.05) is 7.11 Å². The number of methoxy groups -OCH3 is 1. The fourth-order valence-electron chi connectivity index (χ4n) is 1.51. The average Bonchev–Trinajstić information content (AvgIpc) is 2.48. The van der Waals surface area contributed by atoms with Crippen molar-refractivity contribution in [2.24, 2.45) is 10.9 Å². The van der Waals surface area contributed by atoms with E-state index in [-0.39, 0.29) is 12.4 Å². The first-order valence-corrected chi connectivity index (χ1v) is 6.54. The second-order valence-corrected chi connectivity index (χ2v) is 4.71. The van der Waals surface area contributed by atoms with Crippen LogP contribution in [0.2, 0.25) is 0 Å². The molecule has 0 saturated heterocycles. The molecule has 1 aromatic heterocycles. The van der Waals surface area contributed by atoms with Gasteiger partial charge in [-0.05, 0) is 18.2 Å². The molecule has 2 rings (SSSR count). The minimum Gasteiger partial charge on any atom is -0.496 e. The Labute approximate surface area is 124 Å². The van der Waals surface area contributed by atoms with Crippen LogP contribution < -0.4 is 10.5 Å². The first-order valence-electron chi connectivity index (χ1n) is 5.75. The van der Waals surface area contributed by atoms with Crippen LogP contribution in [0.3, 0.4) is 0 Å². The first-order chi connectivity index (χ1) is 9.70. The zero-order valence-corrected chi connectivity index (χ0v) is 12.4. The molecule has 2 N–H and O–H groups in total. The van der Waals surface area contributed by atoms with Crippen molar-refractivity contribution < 1.29 is 9.57 Å². The monoisotopic (exact) mass is 336 g/mol. The molecule has 6 nitrogen and oxygen atoms in total. The van der Waals surface area contributed by atoms with Crippen molar-refractivity contribution >= 4 is 21.8 Å². The van der Waals surface area contributed by atoms with Crippen LogP contribution in [0.15, 0.2) is 46.4 Å². The van der Waals surface area contributed by atoms with Crippen LogP contribution in [0.1, 0.15) is 11.3 Å². The highest BCUT2D eigenvalue weighted by Crippen LogP contribution is 2.23. The Morgan fingerprint density at radius 2 is 2.25 bits per heavy atom. The van der Waals surface area contributed by atoms with Crippen LogP contribution in [-0.4, -0.2) is 22.9 Å². The van der Waals surface area contributed by atoms with Gasteiger partial charge in [-0.3, -0.25) is 4.98 Å². The SMILES string of the molecule is COc1ccc(Br)cc1CO/N=C(\N)c1cnccn1. The Hall–Kier alpha value is -2.15. The molecular formula is C13H13BrN4O2. The standard InChI is InChI=1S/C13H13BrN4O2/c1-19-12-3-2-10(14)6-9(12)8-20-18-13(15)11-7-16-4-5-17-11/h2-7H,8H2,1H3,(H2,15,18). The Morgan fingerprint density at radius 1 is 1.40 bits per heavy atom. The number of aromatic nitrogens is 2. The van der Waals surface area contributed by atoms with Gasteiger partial charge >= 0.3 is 0 Å². The number of hydrogen-bond donors (Lipinski definition) is 1. The number of halogens is 1. The summed E-state index contributed by atoms with van der Waals surface area (Å²) in [6.45, 7) is 0.240. The lowest BCUT2D eigenvalue weighted by atomic mass is 10.2. The largest absolute Gasteiger partial charge is 0.496 e. The predicted molar refractivity (Wildman–Crippen MR) is 78.2 cm³/mol. The zero-order valence-electron chi connectivity index (χ0n) is 10.8. The second kappa shape index (κ2) is 6.85. The topological polar surface area (TPSA) is 82.6 Å². The van der Waals surface area contributed by atoms with Gasteiger partial charge in [-0.1, -0.05) is 21.1 Å². The number of nitrogens with two attached hydrogens (primary N) is 1. The van der Waals surface area contributed by atoms with Crippen molar-refractivity contribution in [3.8, 4) is 5.75 Å². The van der Waals surface area contributed by atoms with E-state index in [1.165, 1.54) is 12.4 Å². The third kappa shape index (κ3) is 3.67. The Balaban J connectivity index is 2.04. The van der Waals surface area contributed by atoms with Crippen LogP contribution in [0.4, 0.5) is 0 Å². The van der Waals surface area contributed by atoms with Crippen LogP contribution in [0, 0.1) is 0 Å². The smallest absolute Gasteiger partial charge is 0.190 e. The highest BCUT2D eigenvalue weighted by Gasteiger charge is 2.05. The lowest BCUT2D eigenvalue weighted by Crippen LogP contribution is -2.15. The van der Waals surface area contributed by atoms with Gasteiger partial charge in [-0.2, -0.15) is 0 Å². The molecule has 0 aliphatic carbocycles. The van der Waals surface area contributed by atoms with Crippen molar-refractivity contribution in [2.45, 2.75) is 6.61 Å². The molecule has 0 bridgehead atoms. The molecule has 0 radical (unpaired) electrons. The molecule has 0 saturated carbocycles. The summed E-state index contributed by atoms with van der Waals surface area (Å²) in [4.78, 5) is 13.2. The van der Waals surface area contributed by atoms with Gasteiger partial charge in [0.15, 0.2) is 5.84 Å². The number of benzene rings is 1. The number of amidine groups is 1. The van der Waals surface area contributed by atoms with E-state index in [1.807, 2.05) is 18.2 Å². The Kier molecular flexibility index (Phi) is 4.89. The average molecular weight is 337 g/mol. The fourth-order valence-corrected chi connectivity index (χ4v) is 1.92. The second-order valence-electron chi connectivity index (χ2n) is 3.80. The quantitative estimate of drug-likeness (QED) is 0.513. The van der Waals surface area contributed by atoms with E-state index in [2.05, 4.69) is 31.1 Å². The predicted octanol–water partition coefficient (Wildman–Crippen LogP) is 2.08. The summed E-state index contributed by atoms with van der Waals surface area (Å²) in [6, 6.07) is 5.63. The van der Waals surface area contributed by atoms with Crippen LogP contribution in [0.5, 0.6) is 5.75 Å². The van der Waals surface area contributed by atoms with Gasteiger partial charge < -0.3 is 15.3 Å². The molecule has 104 valence electrons. The van der Waals surface area contributed by atoms with Gasteiger partial charge in [0, 0.05) is 22.4 Å². The molecule has 20 heavy (non-hydrogen) atoms. The van der Waals surface area contributed by atoms with Crippen LogP contribution >= 0.6 is 15.9 Å². The van der Waals surface area contributed by atoms with Gasteiger partial charge in [0.2, 0.25) is 0 Å². The molecule has 0 unspecified atom stereocenters. The molecule has 0 aliphatic heterocycles. The molecule has 0 fully saturated rings. The fraction of sp³-hybridized carbons (Fsp3) is 0.154. The molecule has 0 spiro atoms. The van der Waals surface area contributed by atoms with Crippen molar-refractivity contribution in [1.82, 2.24) is 9.97 Å². The molecule has 0 atom stereocenters. The van der Waals surface area contributed by atoms with Crippen molar-refractivity contribution in [3.05, 3.63) is 52.5 Å². The third-order valence-electron chi connectivity index (χ3n) is 2.45. The molecule has 1 aromatic carbocycles. The van der Waals surface area contributed by atoms with E-state index in [0.29, 0.717) is 5.69 Å². The van der Waals surface area contributed by atoms with Gasteiger partial charge in [0.05, 0.1) is 13.3 Å². The number of rotatable bonds is 5. The molecule has 7 heteroatoms. The third-order valence-corrected chi connectivity index (χ3v) is 2.94. The molecule has 1 heterocycles. The van der Waals surface area contributed by atoms with Crippen molar-refractivity contribution in [3.63, 3.8) is 0 Å². The van der Waals surface area contributed by atoms with E-state index >= 15 is 0 Å². The van der Waals surface area contributed by atoms with E-state index in [1.54, 1.807) is 13.3 Å². The van der Waals surface area contributed by atoms with Crippen LogP contribution in [0.25, 0.3) is 0 Å². The van der Waals surface area contributed by atoms with E-state index < -0.39 is 0 Å². The van der Waals surface area contributed by atoms with Crippen LogP contribution in [-0.2, 0) is 11.4 Å². The molecule has 0 aliphatic rings. The summed E-state index contributed by atoms with van der Waals surface area (Å²) in [7, 11) is 1.60. The highest BCUT2D eigenvalue weighted by molar-refractivity contribution is 9.10. The van der Waals surface area contributed by atoms with E-state index in [9.17, 15) is 0 Å². The lowest BCUT2D eigenvalue weighted by molar-refractivity contribution is 0.128. The normalized spacial score (nSPS) is 11.2. The minimum absolute atomic E-state index is 0.173. The number of ether oxygens (including phenoxy) is 1. The summed E-state index contributed by atoms with van der Waals surface area (Å²) in [5, 5.41) is 3.82. The number of oxime groups is 1. The maximum absolute atomic E-state index is 5.74. The maximum Gasteiger partial charge on any atom is 0.190 e. The molecule has 0 amide bonds. The number of nitrogens with zero attached hydrogens (tertiary/aromatic N) is 3. The summed E-state index contributed by atoms with van der Waals surface area (Å²) >= 11 is 3.39. The first kappa shape index (κ1) is 14.3. The summed E-state index contributed by atoms with van der Waals surface area (Å²) < 4.78 is 6.17. The summed E-state index contributed by atoms with van der Waals surface area (Å²) in [5.41, 5.74) is 7.07. The van der Waals surface area contributed by atoms with Gasteiger partial charge in [0.1, 0.15) is 18.1 Å². The summed E-state index contributed by atoms with van der Waals surface area (Å²) in [6.07, 6.45) is 4.61. The molecule has 2 aromatic rings. The van der Waals surface area contributed by atoms with Gasteiger partial charge in [-0.15, -0.1) is 0 Å². The van der Waals surface area contributed by atoms with E-state index in [0.717, 1.165) is 15.8 Å². The van der Waals surface area contributed by atoms with Gasteiger partial charge in [0.25, 0.3) is 0 Å². The number of hydrogen-bond acceptors (Lipinski definition) is 5. The minimum atomic E-state index is 0.173. The zero-order chi connectivity index (χ0) is 14.4. The maximum atomic E-state index is 5.74.